The Labute approximate surface area is 165 Å². The second-order valence-electron chi connectivity index (χ2n) is 7.77. The molecule has 1 aliphatic heterocycles. The first kappa shape index (κ1) is 20.6. The Bertz CT molecular complexity index is 712. The van der Waals surface area contributed by atoms with Gasteiger partial charge in [0.05, 0.1) is 30.6 Å². The monoisotopic (exact) mass is 390 g/mol. The predicted molar refractivity (Wildman–Crippen MR) is 107 cm³/mol. The highest BCUT2D eigenvalue weighted by Crippen LogP contribution is 2.34. The summed E-state index contributed by atoms with van der Waals surface area (Å²) in [6.45, 7) is 5.52. The third-order valence-electron chi connectivity index (χ3n) is 5.23. The Morgan fingerprint density at radius 3 is 2.54 bits per heavy atom. The van der Waals surface area contributed by atoms with Crippen LogP contribution in [0.2, 0.25) is 0 Å². The third kappa shape index (κ3) is 5.01. The maximum atomic E-state index is 12.6. The van der Waals surface area contributed by atoms with Crippen LogP contribution in [-0.4, -0.2) is 50.3 Å². The molecule has 1 saturated carbocycles. The van der Waals surface area contributed by atoms with E-state index in [1.54, 1.807) is 12.1 Å². The van der Waals surface area contributed by atoms with Gasteiger partial charge in [-0.25, -0.2) is 10.2 Å². The number of nitrogens with one attached hydrogen (secondary N) is 2. The summed E-state index contributed by atoms with van der Waals surface area (Å²) >= 11 is 0. The lowest BCUT2D eigenvalue weighted by Crippen LogP contribution is -2.45. The minimum Gasteiger partial charge on any atom is -0.465 e. The molecule has 1 aliphatic carbocycles. The van der Waals surface area contributed by atoms with Crippen molar-refractivity contribution in [1.82, 2.24) is 5.43 Å². The van der Waals surface area contributed by atoms with Crippen LogP contribution < -0.4 is 21.5 Å². The molecule has 0 radical (unpaired) electrons. The molecular weight excluding hydrogens is 360 g/mol. The summed E-state index contributed by atoms with van der Waals surface area (Å²) in [5.74, 6) is 5.35. The van der Waals surface area contributed by atoms with E-state index in [9.17, 15) is 9.59 Å². The highest BCUT2D eigenvalue weighted by Gasteiger charge is 2.30. The number of hydrazine groups is 1. The molecule has 1 amide bonds. The molecule has 1 aromatic rings. The lowest BCUT2D eigenvalue weighted by atomic mass is 10.1. The number of rotatable bonds is 7. The standard InChI is InChI=1S/C20H30N4O4/c1-12-10-24(11-13(2)28-12)15-6-7-17(16(9-15)20(26)27-3)22-19(25)18(23-21)8-14-4-5-14/h6-7,9,12-14,18,23H,4-5,8,10-11,21H2,1-3H3,(H,22,25)/t12-,13?,18-/m0/s1. The molecule has 2 fully saturated rings. The van der Waals surface area contributed by atoms with Crippen LogP contribution in [0.5, 0.6) is 0 Å². The summed E-state index contributed by atoms with van der Waals surface area (Å²) in [5.41, 5.74) is 4.22. The average Bonchev–Trinajstić information content (AvgIpc) is 3.49. The summed E-state index contributed by atoms with van der Waals surface area (Å²) in [7, 11) is 1.33. The molecule has 3 rings (SSSR count). The molecular formula is C20H30N4O4. The van der Waals surface area contributed by atoms with Crippen molar-refractivity contribution in [2.45, 2.75) is 51.4 Å². The van der Waals surface area contributed by atoms with Gasteiger partial charge in [0.15, 0.2) is 0 Å². The molecule has 8 nitrogen and oxygen atoms in total. The maximum absolute atomic E-state index is 12.6. The number of nitrogens with two attached hydrogens (primary N) is 1. The number of hydrogen-bond acceptors (Lipinski definition) is 7. The normalized spacial score (nSPS) is 23.2. The first-order chi connectivity index (χ1) is 13.4. The van der Waals surface area contributed by atoms with E-state index in [1.165, 1.54) is 7.11 Å². The topological polar surface area (TPSA) is 106 Å². The maximum Gasteiger partial charge on any atom is 0.340 e. The van der Waals surface area contributed by atoms with Gasteiger partial charge in [0.25, 0.3) is 0 Å². The number of benzene rings is 1. The Morgan fingerprint density at radius 2 is 1.96 bits per heavy atom. The number of nitrogens with zero attached hydrogens (tertiary/aromatic N) is 1. The van der Waals surface area contributed by atoms with Crippen LogP contribution >= 0.6 is 0 Å². The Kier molecular flexibility index (Phi) is 6.53. The number of methoxy groups -OCH3 is 1. The number of esters is 1. The second-order valence-corrected chi connectivity index (χ2v) is 7.77. The highest BCUT2D eigenvalue weighted by molar-refractivity contribution is 6.03. The van der Waals surface area contributed by atoms with E-state index in [1.807, 2.05) is 19.9 Å². The summed E-state index contributed by atoms with van der Waals surface area (Å²) in [5, 5.41) is 2.83. The van der Waals surface area contributed by atoms with E-state index >= 15 is 0 Å². The van der Waals surface area contributed by atoms with Gasteiger partial charge >= 0.3 is 5.97 Å². The van der Waals surface area contributed by atoms with E-state index in [2.05, 4.69) is 15.6 Å². The lowest BCUT2D eigenvalue weighted by Gasteiger charge is -2.37. The molecule has 28 heavy (non-hydrogen) atoms. The van der Waals surface area contributed by atoms with Crippen LogP contribution in [0.1, 0.15) is 43.5 Å². The third-order valence-corrected chi connectivity index (χ3v) is 5.23. The molecule has 1 aromatic carbocycles. The molecule has 0 spiro atoms. The molecule has 2 aliphatic rings. The quantitative estimate of drug-likeness (QED) is 0.369. The van der Waals surface area contributed by atoms with Gasteiger partial charge in [-0.15, -0.1) is 0 Å². The van der Waals surface area contributed by atoms with Gasteiger partial charge in [-0.3, -0.25) is 10.6 Å². The number of hydrogen-bond donors (Lipinski definition) is 3. The van der Waals surface area contributed by atoms with Gasteiger partial charge in [-0.1, -0.05) is 12.8 Å². The minimum atomic E-state index is -0.494. The first-order valence-electron chi connectivity index (χ1n) is 9.81. The van der Waals surface area contributed by atoms with Gasteiger partial charge in [-0.05, 0) is 44.4 Å². The molecule has 154 valence electrons. The van der Waals surface area contributed by atoms with E-state index in [-0.39, 0.29) is 18.1 Å². The smallest absolute Gasteiger partial charge is 0.340 e. The fraction of sp³-hybridized carbons (Fsp3) is 0.600. The first-order valence-corrected chi connectivity index (χ1v) is 9.81. The van der Waals surface area contributed by atoms with Crippen LogP contribution in [-0.2, 0) is 14.3 Å². The summed E-state index contributed by atoms with van der Waals surface area (Å²) in [6.07, 6.45) is 3.15. The van der Waals surface area contributed by atoms with E-state index in [0.717, 1.165) is 31.6 Å². The minimum absolute atomic E-state index is 0.100. The van der Waals surface area contributed by atoms with Crippen LogP contribution in [0.25, 0.3) is 0 Å². The zero-order valence-electron chi connectivity index (χ0n) is 16.7. The molecule has 8 heteroatoms. The molecule has 1 saturated heterocycles. The number of anilines is 2. The Morgan fingerprint density at radius 1 is 1.29 bits per heavy atom. The number of morpholine rings is 1. The van der Waals surface area contributed by atoms with Crippen molar-refractivity contribution < 1.29 is 19.1 Å². The Hall–Kier alpha value is -2.16. The molecule has 0 bridgehead atoms. The molecule has 1 heterocycles. The number of amides is 1. The molecule has 0 aromatic heterocycles. The van der Waals surface area contributed by atoms with Crippen molar-refractivity contribution in [3.05, 3.63) is 23.8 Å². The fourth-order valence-corrected chi connectivity index (χ4v) is 3.66. The van der Waals surface area contributed by atoms with Crippen molar-refractivity contribution in [3.63, 3.8) is 0 Å². The Balaban J connectivity index is 1.80. The van der Waals surface area contributed by atoms with Gasteiger partial charge in [-0.2, -0.15) is 0 Å². The van der Waals surface area contributed by atoms with Crippen molar-refractivity contribution in [2.24, 2.45) is 11.8 Å². The molecule has 3 atom stereocenters. The van der Waals surface area contributed by atoms with Gasteiger partial charge in [0.1, 0.15) is 6.04 Å². The average molecular weight is 390 g/mol. The summed E-state index contributed by atoms with van der Waals surface area (Å²) < 4.78 is 10.7. The summed E-state index contributed by atoms with van der Waals surface area (Å²) in [6, 6.07) is 4.92. The van der Waals surface area contributed by atoms with E-state index in [4.69, 9.17) is 15.3 Å². The van der Waals surface area contributed by atoms with Crippen molar-refractivity contribution in [1.29, 1.82) is 0 Å². The predicted octanol–water partition coefficient (Wildman–Crippen LogP) is 1.66. The van der Waals surface area contributed by atoms with Crippen LogP contribution in [0, 0.1) is 5.92 Å². The van der Waals surface area contributed by atoms with Crippen LogP contribution in [0.4, 0.5) is 11.4 Å². The molecule has 1 unspecified atom stereocenters. The van der Waals surface area contributed by atoms with Gasteiger partial charge in [0, 0.05) is 18.8 Å². The van der Waals surface area contributed by atoms with Crippen LogP contribution in [0.15, 0.2) is 18.2 Å². The van der Waals surface area contributed by atoms with Crippen LogP contribution in [0.3, 0.4) is 0 Å². The zero-order valence-corrected chi connectivity index (χ0v) is 16.7. The van der Waals surface area contributed by atoms with Gasteiger partial charge < -0.3 is 19.7 Å². The van der Waals surface area contributed by atoms with Crippen molar-refractivity contribution in [3.8, 4) is 0 Å². The second kappa shape index (κ2) is 8.89. The largest absolute Gasteiger partial charge is 0.465 e. The number of carbonyl (C=O) groups is 2. The van der Waals surface area contributed by atoms with E-state index in [0.29, 0.717) is 23.6 Å². The van der Waals surface area contributed by atoms with Gasteiger partial charge in [0.2, 0.25) is 5.91 Å². The SMILES string of the molecule is COC(=O)c1cc(N2CC(C)O[C@@H](C)C2)ccc1NC(=O)[C@H](CC1CC1)NN. The number of carbonyl (C=O) groups excluding carboxylic acids is 2. The summed E-state index contributed by atoms with van der Waals surface area (Å²) in [4.78, 5) is 27.1. The zero-order chi connectivity index (χ0) is 20.3. The van der Waals surface area contributed by atoms with E-state index < -0.39 is 12.0 Å². The molecule has 4 N–H and O–H groups in total. The lowest BCUT2D eigenvalue weighted by molar-refractivity contribution is -0.118. The number of ether oxygens (including phenoxy) is 2. The highest BCUT2D eigenvalue weighted by atomic mass is 16.5. The van der Waals surface area contributed by atoms with Crippen molar-refractivity contribution >= 4 is 23.3 Å². The fourth-order valence-electron chi connectivity index (χ4n) is 3.66. The van der Waals surface area contributed by atoms with Crippen molar-refractivity contribution in [2.75, 3.05) is 30.4 Å².